The van der Waals surface area contributed by atoms with Gasteiger partial charge in [0, 0.05) is 62.7 Å². The third kappa shape index (κ3) is 5.79. The smallest absolute Gasteiger partial charge is 0.262 e. The molecular weight excluding hydrogens is 707 g/mol. The number of hydrogen-bond acceptors (Lipinski definition) is 8. The lowest BCUT2D eigenvalue weighted by Gasteiger charge is -2.49. The van der Waals surface area contributed by atoms with Crippen LogP contribution < -0.4 is 10.2 Å². The molecule has 11 heteroatoms. The van der Waals surface area contributed by atoms with Gasteiger partial charge in [0.1, 0.15) is 11.8 Å². The number of piperidine rings is 1. The van der Waals surface area contributed by atoms with E-state index in [1.54, 1.807) is 12.1 Å². The minimum Gasteiger partial charge on any atom is -0.508 e. The molecule has 3 saturated heterocycles. The highest BCUT2D eigenvalue weighted by Gasteiger charge is 2.49. The Morgan fingerprint density at radius 3 is 2.18 bits per heavy atom. The fourth-order valence-electron chi connectivity index (χ4n) is 10.4. The number of benzene rings is 4. The maximum atomic E-state index is 13.6. The fraction of sp³-hybridized carbons (Fsp3) is 0.356. The molecule has 4 aromatic carbocycles. The van der Waals surface area contributed by atoms with Crippen LogP contribution in [0.15, 0.2) is 84.9 Å². The van der Waals surface area contributed by atoms with Crippen LogP contribution in [0.4, 0.5) is 5.69 Å². The minimum atomic E-state index is -0.994. The molecule has 3 atom stereocenters. The van der Waals surface area contributed by atoms with Gasteiger partial charge in [0.05, 0.1) is 17.7 Å². The summed E-state index contributed by atoms with van der Waals surface area (Å²) in [4.78, 5) is 71.8. The molecule has 11 nitrogen and oxygen atoms in total. The van der Waals surface area contributed by atoms with Gasteiger partial charge in [0.2, 0.25) is 17.7 Å². The van der Waals surface area contributed by atoms with Crippen LogP contribution in [-0.4, -0.2) is 88.1 Å². The van der Waals surface area contributed by atoms with Crippen LogP contribution in [0.25, 0.3) is 0 Å². The van der Waals surface area contributed by atoms with E-state index in [2.05, 4.69) is 75.8 Å². The van der Waals surface area contributed by atoms with Gasteiger partial charge in [-0.1, -0.05) is 48.5 Å². The molecule has 5 heterocycles. The van der Waals surface area contributed by atoms with Crippen molar-refractivity contribution < 1.29 is 29.1 Å². The number of carbonyl (C=O) groups is 5. The summed E-state index contributed by atoms with van der Waals surface area (Å²) < 4.78 is 0. The molecule has 0 bridgehead atoms. The summed E-state index contributed by atoms with van der Waals surface area (Å²) in [7, 11) is 0. The summed E-state index contributed by atoms with van der Waals surface area (Å²) in [5.74, 6) is -1.08. The van der Waals surface area contributed by atoms with Crippen molar-refractivity contribution in [3.63, 3.8) is 0 Å². The summed E-state index contributed by atoms with van der Waals surface area (Å²) in [5, 5.41) is 12.5. The number of aryl methyl sites for hydroxylation is 1. The monoisotopic (exact) mass is 749 g/mol. The third-order valence-corrected chi connectivity index (χ3v) is 13.2. The Hall–Kier alpha value is -5.81. The number of amides is 5. The topological polar surface area (TPSA) is 131 Å². The zero-order chi connectivity index (χ0) is 38.3. The second kappa shape index (κ2) is 13.2. The molecule has 56 heavy (non-hydrogen) atoms. The van der Waals surface area contributed by atoms with E-state index in [0.29, 0.717) is 24.8 Å². The normalized spacial score (nSPS) is 23.9. The van der Waals surface area contributed by atoms with Crippen molar-refractivity contribution in [2.24, 2.45) is 5.41 Å². The number of likely N-dealkylation sites (tertiary alicyclic amines) is 1. The molecule has 0 saturated carbocycles. The van der Waals surface area contributed by atoms with Crippen molar-refractivity contribution in [3.05, 3.63) is 129 Å². The molecule has 1 spiro atoms. The highest BCUT2D eigenvalue weighted by Crippen LogP contribution is 2.48. The van der Waals surface area contributed by atoms with E-state index >= 15 is 0 Å². The van der Waals surface area contributed by atoms with Crippen LogP contribution in [0.1, 0.15) is 91.6 Å². The highest BCUT2D eigenvalue weighted by molar-refractivity contribution is 6.23. The quantitative estimate of drug-likeness (QED) is 0.272. The molecule has 6 aliphatic rings. The Balaban J connectivity index is 0.761. The Morgan fingerprint density at radius 2 is 1.48 bits per heavy atom. The number of nitrogens with one attached hydrogen (secondary N) is 1. The number of imide groups is 2. The number of fused-ring (bicyclic) bond motifs is 3. The Bertz CT molecular complexity index is 2270. The van der Waals surface area contributed by atoms with E-state index in [9.17, 15) is 29.1 Å². The fourth-order valence-corrected chi connectivity index (χ4v) is 10.4. The summed E-state index contributed by atoms with van der Waals surface area (Å²) in [5.41, 5.74) is 8.78. The molecule has 5 amide bonds. The Morgan fingerprint density at radius 1 is 0.768 bits per heavy atom. The molecule has 284 valence electrons. The number of phenolic OH excluding ortho intramolecular Hbond substituents is 1. The Kier molecular flexibility index (Phi) is 8.14. The second-order valence-electron chi connectivity index (χ2n) is 16.7. The van der Waals surface area contributed by atoms with Crippen molar-refractivity contribution in [3.8, 4) is 5.75 Å². The lowest BCUT2D eigenvalue weighted by atomic mass is 9.69. The van der Waals surface area contributed by atoms with Crippen LogP contribution in [0.5, 0.6) is 5.75 Å². The van der Waals surface area contributed by atoms with Gasteiger partial charge in [-0.3, -0.25) is 39.1 Å². The number of anilines is 1. The van der Waals surface area contributed by atoms with E-state index in [-0.39, 0.29) is 47.8 Å². The maximum absolute atomic E-state index is 13.6. The zero-order valence-corrected chi connectivity index (χ0v) is 31.1. The molecule has 5 aliphatic heterocycles. The van der Waals surface area contributed by atoms with Gasteiger partial charge in [-0.2, -0.15) is 0 Å². The Labute approximate surface area is 324 Å². The van der Waals surface area contributed by atoms with Gasteiger partial charge in [0.15, 0.2) is 0 Å². The van der Waals surface area contributed by atoms with E-state index in [0.717, 1.165) is 61.5 Å². The van der Waals surface area contributed by atoms with Crippen LogP contribution in [-0.2, 0) is 33.9 Å². The first-order valence-electron chi connectivity index (χ1n) is 19.7. The molecule has 4 aromatic rings. The minimum absolute atomic E-state index is 0.0779. The predicted octanol–water partition coefficient (Wildman–Crippen LogP) is 4.71. The standard InChI is InChI=1S/C45H43N5O6/c51-33-11-13-35-29(18-33)8-12-34(27-4-2-1-3-5-27)41(35)28-6-9-32(10-7-28)49-25-45(26-49)16-17-48(24-45)40(53)23-47-21-30-19-36-37(20-31(30)22-47)44(56)50(43(36)55)38-14-15-39(52)46-42(38)54/h1-7,9-11,13,18-20,34,38,41,51H,8,12,14-17,21-26H2,(H,46,52,54)/t34-,38-,41+/m1/s1. The van der Waals surface area contributed by atoms with Gasteiger partial charge >= 0.3 is 0 Å². The second-order valence-corrected chi connectivity index (χ2v) is 16.7. The van der Waals surface area contributed by atoms with Gasteiger partial charge in [-0.15, -0.1) is 0 Å². The lowest BCUT2D eigenvalue weighted by Crippen LogP contribution is -2.58. The van der Waals surface area contributed by atoms with Crippen molar-refractivity contribution in [2.45, 2.75) is 63.1 Å². The molecule has 0 aromatic heterocycles. The molecule has 1 aliphatic carbocycles. The average molecular weight is 750 g/mol. The first-order valence-corrected chi connectivity index (χ1v) is 19.7. The molecule has 2 N–H and O–H groups in total. The van der Waals surface area contributed by atoms with Crippen molar-refractivity contribution in [2.75, 3.05) is 37.6 Å². The number of aromatic hydroxyl groups is 1. The number of phenols is 1. The number of rotatable bonds is 6. The van der Waals surface area contributed by atoms with Crippen molar-refractivity contribution in [1.29, 1.82) is 0 Å². The number of nitrogens with zero attached hydrogens (tertiary/aromatic N) is 4. The van der Waals surface area contributed by atoms with Crippen molar-refractivity contribution in [1.82, 2.24) is 20.0 Å². The van der Waals surface area contributed by atoms with E-state index in [1.165, 1.54) is 27.9 Å². The molecule has 3 fully saturated rings. The summed E-state index contributed by atoms with van der Waals surface area (Å²) in [6.07, 6.45) is 3.14. The largest absolute Gasteiger partial charge is 0.508 e. The van der Waals surface area contributed by atoms with Crippen LogP contribution >= 0.6 is 0 Å². The first-order chi connectivity index (χ1) is 27.1. The predicted molar refractivity (Wildman–Crippen MR) is 207 cm³/mol. The molecule has 0 unspecified atom stereocenters. The van der Waals surface area contributed by atoms with Crippen LogP contribution in [0.3, 0.4) is 0 Å². The lowest BCUT2D eigenvalue weighted by molar-refractivity contribution is -0.136. The molecule has 10 rings (SSSR count). The van der Waals surface area contributed by atoms with Gasteiger partial charge < -0.3 is 14.9 Å². The highest BCUT2D eigenvalue weighted by atomic mass is 16.3. The summed E-state index contributed by atoms with van der Waals surface area (Å²) in [6.45, 7) is 4.55. The summed E-state index contributed by atoms with van der Waals surface area (Å²) >= 11 is 0. The van der Waals surface area contributed by atoms with Crippen LogP contribution in [0, 0.1) is 5.41 Å². The molecule has 0 radical (unpaired) electrons. The van der Waals surface area contributed by atoms with E-state index in [1.807, 2.05) is 17.0 Å². The SMILES string of the molecule is O=C1CC[C@@H](N2C(=O)c3cc4c(cc3C2=O)CN(CC(=O)N2CCC3(C2)CN(c2ccc([C@@H]5c6ccc(O)cc6CC[C@@H]5c5ccccc5)cc2)C3)C4)C(=O)N1. The summed E-state index contributed by atoms with van der Waals surface area (Å²) in [6, 6.07) is 28.1. The van der Waals surface area contributed by atoms with Gasteiger partial charge in [-0.25, -0.2) is 0 Å². The zero-order valence-electron chi connectivity index (χ0n) is 31.1. The first kappa shape index (κ1) is 34.7. The maximum Gasteiger partial charge on any atom is 0.262 e. The third-order valence-electron chi connectivity index (χ3n) is 13.2. The average Bonchev–Trinajstić information content (AvgIpc) is 3.88. The van der Waals surface area contributed by atoms with Gasteiger partial charge in [0.25, 0.3) is 11.8 Å². The van der Waals surface area contributed by atoms with Crippen LogP contribution in [0.2, 0.25) is 0 Å². The van der Waals surface area contributed by atoms with E-state index < -0.39 is 29.7 Å². The molecular formula is C45H43N5O6. The van der Waals surface area contributed by atoms with Crippen molar-refractivity contribution >= 4 is 35.2 Å². The number of hydrogen-bond donors (Lipinski definition) is 2. The van der Waals surface area contributed by atoms with Gasteiger partial charge in [-0.05, 0) is 101 Å². The van der Waals surface area contributed by atoms with E-state index in [4.69, 9.17) is 0 Å². The number of carbonyl (C=O) groups excluding carboxylic acids is 5.